The fourth-order valence-electron chi connectivity index (χ4n) is 2.71. The first-order valence-corrected chi connectivity index (χ1v) is 7.83. The first kappa shape index (κ1) is 16.2. The van der Waals surface area contributed by atoms with Gasteiger partial charge in [0, 0.05) is 36.4 Å². The molecular weight excluding hydrogens is 332 g/mol. The highest BCUT2D eigenvalue weighted by Crippen LogP contribution is 2.29. The maximum absolute atomic E-state index is 12.4. The van der Waals surface area contributed by atoms with E-state index in [1.165, 1.54) is 6.07 Å². The first-order valence-electron chi connectivity index (χ1n) is 7.45. The zero-order valence-corrected chi connectivity index (χ0v) is 13.4. The Bertz CT molecular complexity index is 769. The molecule has 1 fully saturated rings. The highest BCUT2D eigenvalue weighted by atomic mass is 35.5. The predicted molar refractivity (Wildman–Crippen MR) is 90.3 cm³/mol. The number of likely N-dealkylation sites (tertiary alicyclic amines) is 1. The lowest BCUT2D eigenvalue weighted by Crippen LogP contribution is -2.32. The van der Waals surface area contributed by atoms with Crippen LogP contribution in [-0.4, -0.2) is 39.8 Å². The number of anilines is 1. The summed E-state index contributed by atoms with van der Waals surface area (Å²) in [6.07, 6.45) is 2.29. The molecule has 1 saturated heterocycles. The lowest BCUT2D eigenvalue weighted by molar-refractivity contribution is -0.384. The molecule has 2 aromatic rings. The Morgan fingerprint density at radius 1 is 1.38 bits per heavy atom. The minimum absolute atomic E-state index is 0.0578. The van der Waals surface area contributed by atoms with E-state index in [1.807, 2.05) is 0 Å². The van der Waals surface area contributed by atoms with Crippen molar-refractivity contribution in [1.29, 1.82) is 0 Å². The van der Waals surface area contributed by atoms with Gasteiger partial charge in [-0.15, -0.1) is 0 Å². The molecule has 2 heterocycles. The molecule has 1 amide bonds. The van der Waals surface area contributed by atoms with Gasteiger partial charge >= 0.3 is 0 Å². The second kappa shape index (κ2) is 6.84. The molecule has 7 nitrogen and oxygen atoms in total. The number of benzene rings is 1. The van der Waals surface area contributed by atoms with Gasteiger partial charge in [0.05, 0.1) is 4.92 Å². The summed E-state index contributed by atoms with van der Waals surface area (Å²) >= 11 is 5.82. The Kier molecular flexibility index (Phi) is 4.61. The Balaban J connectivity index is 1.69. The summed E-state index contributed by atoms with van der Waals surface area (Å²) in [5.74, 6) is -0.134. The molecule has 0 saturated carbocycles. The van der Waals surface area contributed by atoms with Crippen LogP contribution in [0, 0.1) is 10.1 Å². The van der Waals surface area contributed by atoms with Crippen molar-refractivity contribution in [2.45, 2.75) is 12.5 Å². The van der Waals surface area contributed by atoms with Crippen molar-refractivity contribution < 1.29 is 9.72 Å². The molecule has 1 aromatic heterocycles. The number of halogens is 1. The molecule has 1 unspecified atom stereocenters. The third-order valence-corrected chi connectivity index (χ3v) is 4.11. The lowest BCUT2D eigenvalue weighted by Gasteiger charge is -2.17. The topological polar surface area (TPSA) is 88.4 Å². The van der Waals surface area contributed by atoms with Gasteiger partial charge in [0.2, 0.25) is 0 Å². The van der Waals surface area contributed by atoms with Gasteiger partial charge in [-0.2, -0.15) is 0 Å². The zero-order chi connectivity index (χ0) is 17.1. The zero-order valence-electron chi connectivity index (χ0n) is 12.7. The van der Waals surface area contributed by atoms with Gasteiger partial charge in [-0.1, -0.05) is 17.7 Å². The number of pyridine rings is 1. The molecule has 0 bridgehead atoms. The number of rotatable bonds is 4. The van der Waals surface area contributed by atoms with E-state index in [2.05, 4.69) is 10.3 Å². The molecule has 0 radical (unpaired) electrons. The van der Waals surface area contributed by atoms with Crippen molar-refractivity contribution in [2.24, 2.45) is 0 Å². The molecule has 124 valence electrons. The quantitative estimate of drug-likeness (QED) is 0.679. The highest BCUT2D eigenvalue weighted by Gasteiger charge is 2.28. The van der Waals surface area contributed by atoms with Crippen LogP contribution >= 0.6 is 11.6 Å². The third-order valence-electron chi connectivity index (χ3n) is 3.88. The number of nitrogens with zero attached hydrogens (tertiary/aromatic N) is 3. The van der Waals surface area contributed by atoms with E-state index < -0.39 is 4.92 Å². The molecule has 8 heteroatoms. The largest absolute Gasteiger partial charge is 0.375 e. The van der Waals surface area contributed by atoms with Crippen molar-refractivity contribution in [3.8, 4) is 0 Å². The summed E-state index contributed by atoms with van der Waals surface area (Å²) in [4.78, 5) is 28.8. The number of aromatic nitrogens is 1. The third kappa shape index (κ3) is 3.46. The minimum atomic E-state index is -0.472. The number of carbonyl (C=O) groups excluding carboxylic acids is 1. The van der Waals surface area contributed by atoms with E-state index in [9.17, 15) is 14.9 Å². The van der Waals surface area contributed by atoms with Gasteiger partial charge in [-0.05, 0) is 30.7 Å². The maximum Gasteiger partial charge on any atom is 0.293 e. The summed E-state index contributed by atoms with van der Waals surface area (Å²) in [5.41, 5.74) is 0.731. The molecule has 1 aromatic carbocycles. The van der Waals surface area contributed by atoms with Crippen LogP contribution in [-0.2, 0) is 0 Å². The molecule has 1 aliphatic heterocycles. The molecule has 3 rings (SSSR count). The summed E-state index contributed by atoms with van der Waals surface area (Å²) in [7, 11) is 0. The SMILES string of the molecule is O=C(c1ccccn1)N1CCC(Nc2ccc(Cl)cc2[N+](=O)[O-])C1. The number of hydrogen-bond donors (Lipinski definition) is 1. The van der Waals surface area contributed by atoms with Crippen LogP contribution < -0.4 is 5.32 Å². The van der Waals surface area contributed by atoms with Crippen molar-refractivity contribution in [2.75, 3.05) is 18.4 Å². The number of hydrogen-bond acceptors (Lipinski definition) is 5. The predicted octanol–water partition coefficient (Wildman–Crippen LogP) is 2.97. The molecule has 24 heavy (non-hydrogen) atoms. The molecule has 0 aliphatic carbocycles. The standard InChI is InChI=1S/C16H15ClN4O3/c17-11-4-5-13(15(9-11)21(23)24)19-12-6-8-20(10-12)16(22)14-3-1-2-7-18-14/h1-5,7,9,12,19H,6,8,10H2. The second-order valence-corrected chi connectivity index (χ2v) is 5.95. The van der Waals surface area contributed by atoms with Crippen LogP contribution in [0.25, 0.3) is 0 Å². The van der Waals surface area contributed by atoms with Crippen LogP contribution in [0.4, 0.5) is 11.4 Å². The molecule has 0 spiro atoms. The van der Waals surface area contributed by atoms with Crippen LogP contribution in [0.3, 0.4) is 0 Å². The van der Waals surface area contributed by atoms with E-state index in [1.54, 1.807) is 41.4 Å². The first-order chi connectivity index (χ1) is 11.5. The number of amides is 1. The van der Waals surface area contributed by atoms with Gasteiger partial charge in [0.25, 0.3) is 11.6 Å². The van der Waals surface area contributed by atoms with Crippen LogP contribution in [0.1, 0.15) is 16.9 Å². The van der Waals surface area contributed by atoms with Crippen molar-refractivity contribution in [1.82, 2.24) is 9.88 Å². The normalized spacial score (nSPS) is 16.9. The highest BCUT2D eigenvalue weighted by molar-refractivity contribution is 6.30. The number of nitro groups is 1. The van der Waals surface area contributed by atoms with E-state index in [0.717, 1.165) is 0 Å². The van der Waals surface area contributed by atoms with E-state index in [-0.39, 0.29) is 17.6 Å². The van der Waals surface area contributed by atoms with Gasteiger partial charge in [-0.3, -0.25) is 19.9 Å². The van der Waals surface area contributed by atoms with E-state index >= 15 is 0 Å². The van der Waals surface area contributed by atoms with E-state index in [4.69, 9.17) is 11.6 Å². The fraction of sp³-hybridized carbons (Fsp3) is 0.250. The van der Waals surface area contributed by atoms with Crippen LogP contribution in [0.5, 0.6) is 0 Å². The molecule has 1 N–H and O–H groups in total. The van der Waals surface area contributed by atoms with Gasteiger partial charge in [0.1, 0.15) is 11.4 Å². The van der Waals surface area contributed by atoms with Crippen LogP contribution in [0.2, 0.25) is 5.02 Å². The second-order valence-electron chi connectivity index (χ2n) is 5.51. The summed E-state index contributed by atoms with van der Waals surface area (Å²) in [6.45, 7) is 1.05. The summed E-state index contributed by atoms with van der Waals surface area (Å²) in [6, 6.07) is 9.64. The van der Waals surface area contributed by atoms with Gasteiger partial charge in [-0.25, -0.2) is 0 Å². The Morgan fingerprint density at radius 2 is 2.21 bits per heavy atom. The van der Waals surface area contributed by atoms with Crippen molar-refractivity contribution >= 4 is 28.9 Å². The Hall–Kier alpha value is -2.67. The summed E-state index contributed by atoms with van der Waals surface area (Å²) < 4.78 is 0. The fourth-order valence-corrected chi connectivity index (χ4v) is 2.88. The van der Waals surface area contributed by atoms with Crippen molar-refractivity contribution in [3.63, 3.8) is 0 Å². The smallest absolute Gasteiger partial charge is 0.293 e. The maximum atomic E-state index is 12.4. The number of carbonyl (C=O) groups is 1. The summed E-state index contributed by atoms with van der Waals surface area (Å²) in [5, 5.41) is 14.6. The van der Waals surface area contributed by atoms with Gasteiger partial charge < -0.3 is 10.2 Å². The Labute approximate surface area is 143 Å². The average molecular weight is 347 g/mol. The van der Waals surface area contributed by atoms with Crippen LogP contribution in [0.15, 0.2) is 42.6 Å². The van der Waals surface area contributed by atoms with Crippen molar-refractivity contribution in [3.05, 3.63) is 63.4 Å². The lowest BCUT2D eigenvalue weighted by atomic mass is 10.2. The number of nitro benzene ring substituents is 1. The minimum Gasteiger partial charge on any atom is -0.375 e. The van der Waals surface area contributed by atoms with Gasteiger partial charge in [0.15, 0.2) is 0 Å². The number of nitrogens with one attached hydrogen (secondary N) is 1. The average Bonchev–Trinajstić information content (AvgIpc) is 3.05. The monoisotopic (exact) mass is 346 g/mol. The molecule has 1 aliphatic rings. The Morgan fingerprint density at radius 3 is 2.92 bits per heavy atom. The van der Waals surface area contributed by atoms with E-state index in [0.29, 0.717) is 35.9 Å². The molecular formula is C16H15ClN4O3. The molecule has 1 atom stereocenters.